The summed E-state index contributed by atoms with van der Waals surface area (Å²) in [6.07, 6.45) is 50.8. The summed E-state index contributed by atoms with van der Waals surface area (Å²) in [5.41, 5.74) is 0. The molecule has 326 valence electrons. The van der Waals surface area contributed by atoms with E-state index in [1.807, 2.05) is 0 Å². The Balaban J connectivity index is 3.74. The first-order chi connectivity index (χ1) is 27.0. The van der Waals surface area contributed by atoms with E-state index in [1.54, 1.807) is 0 Å². The SMILES string of the molecule is CCCCCCCCCCCCCCCC/C=C/CC/C=C/CCCC(O)C(O)C(CO)NC(=O)C(O)CCCCCCCCCCCCCCCCCC. The minimum absolute atomic E-state index is 0.364. The van der Waals surface area contributed by atoms with Gasteiger partial charge in [0.2, 0.25) is 5.91 Å². The van der Waals surface area contributed by atoms with Crippen LogP contribution >= 0.6 is 0 Å². The van der Waals surface area contributed by atoms with Crippen LogP contribution in [-0.4, -0.2) is 57.3 Å². The van der Waals surface area contributed by atoms with Crippen molar-refractivity contribution in [3.05, 3.63) is 24.3 Å². The molecule has 0 radical (unpaired) electrons. The molecule has 0 aliphatic heterocycles. The van der Waals surface area contributed by atoms with Crippen LogP contribution in [0.2, 0.25) is 0 Å². The Kier molecular flexibility index (Phi) is 42.9. The maximum Gasteiger partial charge on any atom is 0.249 e. The van der Waals surface area contributed by atoms with Crippen molar-refractivity contribution in [2.75, 3.05) is 6.61 Å². The molecule has 0 saturated carbocycles. The van der Waals surface area contributed by atoms with Crippen molar-refractivity contribution < 1.29 is 25.2 Å². The molecular weight excluding hydrogens is 683 g/mol. The number of aliphatic hydroxyl groups excluding tert-OH is 4. The van der Waals surface area contributed by atoms with Crippen molar-refractivity contribution in [1.82, 2.24) is 5.32 Å². The van der Waals surface area contributed by atoms with E-state index in [-0.39, 0.29) is 0 Å². The number of carbonyl (C=O) groups is 1. The lowest BCUT2D eigenvalue weighted by Gasteiger charge is -2.27. The zero-order valence-corrected chi connectivity index (χ0v) is 36.7. The molecule has 0 bridgehead atoms. The first-order valence-electron chi connectivity index (χ1n) is 24.2. The Morgan fingerprint density at radius 3 is 1.15 bits per heavy atom. The van der Waals surface area contributed by atoms with Gasteiger partial charge in [-0.05, 0) is 51.4 Å². The number of hydrogen-bond acceptors (Lipinski definition) is 5. The molecule has 0 aromatic rings. The number of hydrogen-bond donors (Lipinski definition) is 5. The van der Waals surface area contributed by atoms with Gasteiger partial charge in [0.25, 0.3) is 0 Å². The predicted octanol–water partition coefficient (Wildman–Crippen LogP) is 13.1. The van der Waals surface area contributed by atoms with Crippen molar-refractivity contribution >= 4 is 5.91 Å². The highest BCUT2D eigenvalue weighted by molar-refractivity contribution is 5.80. The molecule has 0 fully saturated rings. The van der Waals surface area contributed by atoms with Gasteiger partial charge < -0.3 is 25.7 Å². The van der Waals surface area contributed by atoms with Crippen molar-refractivity contribution in [3.8, 4) is 0 Å². The molecule has 4 atom stereocenters. The third-order valence-corrected chi connectivity index (χ3v) is 11.4. The Morgan fingerprint density at radius 1 is 0.436 bits per heavy atom. The van der Waals surface area contributed by atoms with Crippen LogP contribution in [0.15, 0.2) is 24.3 Å². The minimum Gasteiger partial charge on any atom is -0.394 e. The summed E-state index contributed by atoms with van der Waals surface area (Å²) in [5, 5.41) is 43.7. The molecule has 5 N–H and O–H groups in total. The van der Waals surface area contributed by atoms with E-state index in [0.29, 0.717) is 19.3 Å². The summed E-state index contributed by atoms with van der Waals surface area (Å²) < 4.78 is 0. The van der Waals surface area contributed by atoms with Gasteiger partial charge in [0.1, 0.15) is 12.2 Å². The molecular formula is C49H95NO5. The number of amides is 1. The largest absolute Gasteiger partial charge is 0.394 e. The molecule has 6 nitrogen and oxygen atoms in total. The fourth-order valence-corrected chi connectivity index (χ4v) is 7.54. The second kappa shape index (κ2) is 43.9. The molecule has 0 aromatic carbocycles. The first-order valence-corrected chi connectivity index (χ1v) is 24.2. The summed E-state index contributed by atoms with van der Waals surface area (Å²) in [4.78, 5) is 12.5. The molecule has 55 heavy (non-hydrogen) atoms. The van der Waals surface area contributed by atoms with Gasteiger partial charge in [0.05, 0.1) is 18.8 Å². The quantitative estimate of drug-likeness (QED) is 0.0313. The molecule has 1 amide bonds. The van der Waals surface area contributed by atoms with Gasteiger partial charge in [-0.1, -0.05) is 224 Å². The highest BCUT2D eigenvalue weighted by atomic mass is 16.3. The minimum atomic E-state index is -1.29. The molecule has 0 rings (SSSR count). The van der Waals surface area contributed by atoms with Gasteiger partial charge in [-0.3, -0.25) is 4.79 Å². The van der Waals surface area contributed by atoms with Gasteiger partial charge in [-0.2, -0.15) is 0 Å². The zero-order valence-electron chi connectivity index (χ0n) is 36.7. The summed E-state index contributed by atoms with van der Waals surface area (Å²) >= 11 is 0. The smallest absolute Gasteiger partial charge is 0.249 e. The molecule has 6 heteroatoms. The fourth-order valence-electron chi connectivity index (χ4n) is 7.54. The van der Waals surface area contributed by atoms with E-state index in [1.165, 1.54) is 180 Å². The summed E-state index contributed by atoms with van der Waals surface area (Å²) in [7, 11) is 0. The summed E-state index contributed by atoms with van der Waals surface area (Å²) in [6, 6.07) is -1.00. The monoisotopic (exact) mass is 778 g/mol. The molecule has 4 unspecified atom stereocenters. The number of allylic oxidation sites excluding steroid dienone is 4. The maximum absolute atomic E-state index is 12.5. The van der Waals surface area contributed by atoms with Gasteiger partial charge in [-0.15, -0.1) is 0 Å². The van der Waals surface area contributed by atoms with E-state index in [2.05, 4.69) is 43.5 Å². The summed E-state index contributed by atoms with van der Waals surface area (Å²) in [5.74, 6) is -0.595. The Hall–Kier alpha value is -1.21. The van der Waals surface area contributed by atoms with E-state index < -0.39 is 36.9 Å². The first kappa shape index (κ1) is 53.8. The number of unbranched alkanes of at least 4 members (excludes halogenated alkanes) is 31. The van der Waals surface area contributed by atoms with Crippen molar-refractivity contribution in [1.29, 1.82) is 0 Å². The van der Waals surface area contributed by atoms with Gasteiger partial charge in [0, 0.05) is 0 Å². The molecule has 0 aliphatic carbocycles. The van der Waals surface area contributed by atoms with Crippen molar-refractivity contribution in [2.24, 2.45) is 0 Å². The summed E-state index contributed by atoms with van der Waals surface area (Å²) in [6.45, 7) is 4.05. The molecule has 0 saturated heterocycles. The van der Waals surface area contributed by atoms with E-state index >= 15 is 0 Å². The average Bonchev–Trinajstić information content (AvgIpc) is 3.19. The van der Waals surface area contributed by atoms with E-state index in [4.69, 9.17) is 0 Å². The third-order valence-electron chi connectivity index (χ3n) is 11.4. The number of nitrogens with one attached hydrogen (secondary N) is 1. The van der Waals surface area contributed by atoms with Crippen LogP contribution < -0.4 is 5.32 Å². The van der Waals surface area contributed by atoms with E-state index in [0.717, 1.165) is 38.5 Å². The van der Waals surface area contributed by atoms with Crippen LogP contribution in [0.3, 0.4) is 0 Å². The Bertz CT molecular complexity index is 832. The van der Waals surface area contributed by atoms with Crippen LogP contribution in [-0.2, 0) is 4.79 Å². The van der Waals surface area contributed by atoms with Crippen molar-refractivity contribution in [2.45, 2.75) is 276 Å². The Morgan fingerprint density at radius 2 is 0.764 bits per heavy atom. The maximum atomic E-state index is 12.5. The molecule has 0 aromatic heterocycles. The van der Waals surface area contributed by atoms with Crippen LogP contribution in [0, 0.1) is 0 Å². The van der Waals surface area contributed by atoms with E-state index in [9.17, 15) is 25.2 Å². The fraction of sp³-hybridized carbons (Fsp3) is 0.898. The lowest BCUT2D eigenvalue weighted by Crippen LogP contribution is -2.53. The number of rotatable bonds is 44. The predicted molar refractivity (Wildman–Crippen MR) is 237 cm³/mol. The second-order valence-electron chi connectivity index (χ2n) is 16.8. The van der Waals surface area contributed by atoms with Crippen LogP contribution in [0.5, 0.6) is 0 Å². The number of carbonyl (C=O) groups excluding carboxylic acids is 1. The molecule has 0 heterocycles. The van der Waals surface area contributed by atoms with Crippen LogP contribution in [0.25, 0.3) is 0 Å². The van der Waals surface area contributed by atoms with Gasteiger partial charge in [0.15, 0.2) is 0 Å². The van der Waals surface area contributed by atoms with Crippen LogP contribution in [0.1, 0.15) is 251 Å². The van der Waals surface area contributed by atoms with Gasteiger partial charge in [-0.25, -0.2) is 0 Å². The topological polar surface area (TPSA) is 110 Å². The lowest BCUT2D eigenvalue weighted by molar-refractivity contribution is -0.132. The van der Waals surface area contributed by atoms with Gasteiger partial charge >= 0.3 is 0 Å². The second-order valence-corrected chi connectivity index (χ2v) is 16.8. The average molecular weight is 778 g/mol. The normalized spacial score (nSPS) is 14.2. The highest BCUT2D eigenvalue weighted by Gasteiger charge is 2.28. The molecule has 0 spiro atoms. The van der Waals surface area contributed by atoms with Crippen LogP contribution in [0.4, 0.5) is 0 Å². The highest BCUT2D eigenvalue weighted by Crippen LogP contribution is 2.16. The third kappa shape index (κ3) is 38.1. The van der Waals surface area contributed by atoms with Crippen molar-refractivity contribution in [3.63, 3.8) is 0 Å². The zero-order chi connectivity index (χ0) is 40.3. The standard InChI is InChI=1S/C49H95NO5/c1-3-5-7-9-11-13-15-17-19-21-22-23-24-25-26-27-29-30-32-34-36-38-40-42-46(52)48(54)45(44-51)50-49(55)47(53)43-41-39-37-35-33-31-28-20-18-16-14-12-10-8-6-4-2/h27,29,34,36,45-48,51-54H,3-26,28,30-33,35,37-44H2,1-2H3,(H,50,55)/b29-27+,36-34+. The number of aliphatic hydroxyl groups is 4. The molecule has 0 aliphatic rings. The lowest BCUT2D eigenvalue weighted by atomic mass is 10.00. The Labute approximate surface area is 342 Å².